The summed E-state index contributed by atoms with van der Waals surface area (Å²) in [6.45, 7) is 2.52. The number of benzene rings is 3. The summed E-state index contributed by atoms with van der Waals surface area (Å²) in [5.74, 6) is 0.863. The van der Waals surface area contributed by atoms with E-state index in [9.17, 15) is 4.79 Å². The summed E-state index contributed by atoms with van der Waals surface area (Å²) < 4.78 is 5.25. The molecule has 3 aromatic carbocycles. The topological polar surface area (TPSA) is 38.3 Å². The first-order valence-electron chi connectivity index (χ1n) is 8.04. The molecule has 0 aromatic heterocycles. The molecule has 122 valence electrons. The van der Waals surface area contributed by atoms with Gasteiger partial charge in [-0.15, -0.1) is 0 Å². The van der Waals surface area contributed by atoms with Gasteiger partial charge in [0.05, 0.1) is 13.5 Å². The average molecular weight is 319 g/mol. The van der Waals surface area contributed by atoms with Gasteiger partial charge in [0, 0.05) is 6.54 Å². The molecular weight excluding hydrogens is 298 g/mol. The van der Waals surface area contributed by atoms with Crippen LogP contribution in [0, 0.1) is 6.92 Å². The quantitative estimate of drug-likeness (QED) is 0.771. The molecule has 24 heavy (non-hydrogen) atoms. The second-order valence-corrected chi connectivity index (χ2v) is 5.90. The van der Waals surface area contributed by atoms with Crippen LogP contribution in [0.4, 0.5) is 0 Å². The molecule has 0 aliphatic rings. The van der Waals surface area contributed by atoms with Crippen LogP contribution < -0.4 is 10.1 Å². The van der Waals surface area contributed by atoms with Crippen LogP contribution in [0.5, 0.6) is 5.75 Å². The van der Waals surface area contributed by atoms with E-state index in [1.54, 1.807) is 7.11 Å². The van der Waals surface area contributed by atoms with Crippen LogP contribution in [0.15, 0.2) is 60.7 Å². The Hall–Kier alpha value is -2.81. The molecule has 0 aliphatic heterocycles. The highest BCUT2D eigenvalue weighted by atomic mass is 16.5. The highest BCUT2D eigenvalue weighted by molar-refractivity contribution is 5.86. The summed E-state index contributed by atoms with van der Waals surface area (Å²) >= 11 is 0. The minimum absolute atomic E-state index is 0.0208. The van der Waals surface area contributed by atoms with Crippen molar-refractivity contribution in [2.24, 2.45) is 0 Å². The third-order valence-electron chi connectivity index (χ3n) is 4.18. The monoisotopic (exact) mass is 319 g/mol. The van der Waals surface area contributed by atoms with Gasteiger partial charge in [-0.3, -0.25) is 4.79 Å². The van der Waals surface area contributed by atoms with Gasteiger partial charge in [0.15, 0.2) is 0 Å². The normalized spacial score (nSPS) is 10.6. The molecule has 3 nitrogen and oxygen atoms in total. The molecule has 1 N–H and O–H groups in total. The van der Waals surface area contributed by atoms with Crippen molar-refractivity contribution < 1.29 is 9.53 Å². The minimum atomic E-state index is 0.0208. The molecule has 3 rings (SSSR count). The van der Waals surface area contributed by atoms with E-state index in [4.69, 9.17) is 4.74 Å². The van der Waals surface area contributed by atoms with E-state index < -0.39 is 0 Å². The first-order valence-corrected chi connectivity index (χ1v) is 8.04. The molecule has 0 heterocycles. The van der Waals surface area contributed by atoms with E-state index in [2.05, 4.69) is 29.6 Å². The summed E-state index contributed by atoms with van der Waals surface area (Å²) in [5, 5.41) is 5.39. The van der Waals surface area contributed by atoms with Gasteiger partial charge in [-0.05, 0) is 40.5 Å². The third-order valence-corrected chi connectivity index (χ3v) is 4.18. The Morgan fingerprint density at radius 1 is 1.04 bits per heavy atom. The number of carbonyl (C=O) groups excluding carboxylic acids is 1. The Bertz CT molecular complexity index is 865. The van der Waals surface area contributed by atoms with Crippen molar-refractivity contribution in [3.63, 3.8) is 0 Å². The van der Waals surface area contributed by atoms with Crippen molar-refractivity contribution in [3.8, 4) is 5.75 Å². The summed E-state index contributed by atoms with van der Waals surface area (Å²) in [4.78, 5) is 12.2. The van der Waals surface area contributed by atoms with Crippen molar-refractivity contribution in [1.29, 1.82) is 0 Å². The van der Waals surface area contributed by atoms with Crippen molar-refractivity contribution in [3.05, 3.63) is 77.4 Å². The largest absolute Gasteiger partial charge is 0.496 e. The zero-order chi connectivity index (χ0) is 16.9. The zero-order valence-electron chi connectivity index (χ0n) is 14.0. The highest BCUT2D eigenvalue weighted by Crippen LogP contribution is 2.20. The van der Waals surface area contributed by atoms with Gasteiger partial charge in [-0.1, -0.05) is 54.6 Å². The van der Waals surface area contributed by atoms with Gasteiger partial charge in [0.1, 0.15) is 5.75 Å². The molecule has 0 saturated carbocycles. The number of hydrogen-bond acceptors (Lipinski definition) is 2. The lowest BCUT2D eigenvalue weighted by atomic mass is 10.0. The first kappa shape index (κ1) is 16.1. The standard InChI is InChI=1S/C21H21NO2/c1-15-12-16(10-11-20(15)24-2)13-21(23)22-14-18-8-5-7-17-6-3-4-9-19(17)18/h3-12H,13-14H2,1-2H3,(H,22,23). The molecule has 0 fully saturated rings. The zero-order valence-corrected chi connectivity index (χ0v) is 14.0. The van der Waals surface area contributed by atoms with E-state index in [1.807, 2.05) is 43.3 Å². The first-order chi connectivity index (χ1) is 11.7. The number of aryl methyl sites for hydroxylation is 1. The predicted molar refractivity (Wildman–Crippen MR) is 97.2 cm³/mol. The number of rotatable bonds is 5. The highest BCUT2D eigenvalue weighted by Gasteiger charge is 2.07. The predicted octanol–water partition coefficient (Wildman–Crippen LogP) is 4.02. The second kappa shape index (κ2) is 7.18. The molecule has 0 radical (unpaired) electrons. The van der Waals surface area contributed by atoms with E-state index in [0.717, 1.165) is 22.4 Å². The summed E-state index contributed by atoms with van der Waals surface area (Å²) in [7, 11) is 1.65. The van der Waals surface area contributed by atoms with E-state index >= 15 is 0 Å². The van der Waals surface area contributed by atoms with E-state index in [-0.39, 0.29) is 5.91 Å². The van der Waals surface area contributed by atoms with Crippen molar-refractivity contribution in [2.45, 2.75) is 19.9 Å². The number of carbonyl (C=O) groups is 1. The number of amides is 1. The maximum Gasteiger partial charge on any atom is 0.224 e. The SMILES string of the molecule is COc1ccc(CC(=O)NCc2cccc3ccccc23)cc1C. The van der Waals surface area contributed by atoms with Crippen molar-refractivity contribution in [2.75, 3.05) is 7.11 Å². The maximum absolute atomic E-state index is 12.2. The van der Waals surface area contributed by atoms with Gasteiger partial charge in [-0.2, -0.15) is 0 Å². The molecule has 0 unspecified atom stereocenters. The molecule has 0 spiro atoms. The van der Waals surface area contributed by atoms with Crippen LogP contribution in [0.3, 0.4) is 0 Å². The van der Waals surface area contributed by atoms with E-state index in [0.29, 0.717) is 13.0 Å². The second-order valence-electron chi connectivity index (χ2n) is 5.90. The molecule has 0 bridgehead atoms. The molecule has 0 aliphatic carbocycles. The van der Waals surface area contributed by atoms with Crippen molar-refractivity contribution >= 4 is 16.7 Å². The summed E-state index contributed by atoms with van der Waals surface area (Å²) in [6, 6.07) is 20.2. The van der Waals surface area contributed by atoms with Crippen LogP contribution >= 0.6 is 0 Å². The van der Waals surface area contributed by atoms with Gasteiger partial charge in [0.25, 0.3) is 0 Å². The van der Waals surface area contributed by atoms with Crippen molar-refractivity contribution in [1.82, 2.24) is 5.32 Å². The minimum Gasteiger partial charge on any atom is -0.496 e. The Labute approximate surface area is 142 Å². The summed E-state index contributed by atoms with van der Waals surface area (Å²) in [5.41, 5.74) is 3.16. The number of hydrogen-bond donors (Lipinski definition) is 1. The molecule has 3 heteroatoms. The smallest absolute Gasteiger partial charge is 0.224 e. The Kier molecular flexibility index (Phi) is 4.80. The third kappa shape index (κ3) is 3.57. The Morgan fingerprint density at radius 3 is 2.62 bits per heavy atom. The van der Waals surface area contributed by atoms with Crippen LogP contribution in [0.25, 0.3) is 10.8 Å². The van der Waals surface area contributed by atoms with Crippen LogP contribution in [-0.2, 0) is 17.8 Å². The fourth-order valence-corrected chi connectivity index (χ4v) is 2.94. The molecule has 0 saturated heterocycles. The fourth-order valence-electron chi connectivity index (χ4n) is 2.94. The lowest BCUT2D eigenvalue weighted by Crippen LogP contribution is -2.24. The van der Waals surface area contributed by atoms with Gasteiger partial charge in [0.2, 0.25) is 5.91 Å². The molecular formula is C21H21NO2. The van der Waals surface area contributed by atoms with Crippen LogP contribution in [0.2, 0.25) is 0 Å². The van der Waals surface area contributed by atoms with E-state index in [1.165, 1.54) is 10.8 Å². The fraction of sp³-hybridized carbons (Fsp3) is 0.190. The summed E-state index contributed by atoms with van der Waals surface area (Å²) in [6.07, 6.45) is 0.371. The molecule has 3 aromatic rings. The van der Waals surface area contributed by atoms with Crippen LogP contribution in [0.1, 0.15) is 16.7 Å². The number of fused-ring (bicyclic) bond motifs is 1. The lowest BCUT2D eigenvalue weighted by Gasteiger charge is -2.10. The number of nitrogens with one attached hydrogen (secondary N) is 1. The van der Waals surface area contributed by atoms with Gasteiger partial charge >= 0.3 is 0 Å². The van der Waals surface area contributed by atoms with Gasteiger partial charge in [-0.25, -0.2) is 0 Å². The Balaban J connectivity index is 1.66. The molecule has 0 atom stereocenters. The lowest BCUT2D eigenvalue weighted by molar-refractivity contribution is -0.120. The maximum atomic E-state index is 12.2. The molecule has 1 amide bonds. The van der Waals surface area contributed by atoms with Gasteiger partial charge < -0.3 is 10.1 Å². The van der Waals surface area contributed by atoms with Crippen LogP contribution in [-0.4, -0.2) is 13.0 Å². The Morgan fingerprint density at radius 2 is 1.83 bits per heavy atom. The number of ether oxygens (including phenoxy) is 1. The number of methoxy groups -OCH3 is 1. The average Bonchev–Trinajstić information content (AvgIpc) is 2.60.